The number of aromatic nitrogens is 3. The zero-order chi connectivity index (χ0) is 17.4. The summed E-state index contributed by atoms with van der Waals surface area (Å²) in [6.07, 6.45) is 1.71. The molecule has 25 heavy (non-hydrogen) atoms. The summed E-state index contributed by atoms with van der Waals surface area (Å²) >= 11 is 1.33. The van der Waals surface area contributed by atoms with Crippen LogP contribution >= 0.6 is 11.3 Å². The van der Waals surface area contributed by atoms with Gasteiger partial charge in [0.15, 0.2) is 11.5 Å². The van der Waals surface area contributed by atoms with Crippen LogP contribution in [0.1, 0.15) is 21.3 Å². The summed E-state index contributed by atoms with van der Waals surface area (Å²) in [5.41, 5.74) is 3.51. The number of benzene rings is 1. The monoisotopic (exact) mass is 350 g/mol. The number of carbonyl (C=O) groups excluding carboxylic acids is 1. The van der Waals surface area contributed by atoms with E-state index < -0.39 is 0 Å². The van der Waals surface area contributed by atoms with Gasteiger partial charge < -0.3 is 9.73 Å². The Bertz CT molecular complexity index is 1070. The molecule has 0 bridgehead atoms. The van der Waals surface area contributed by atoms with Crippen molar-refractivity contribution in [2.24, 2.45) is 0 Å². The Balaban J connectivity index is 1.61. The number of hydrogen-bond acceptors (Lipinski definition) is 6. The molecule has 0 saturated carbocycles. The van der Waals surface area contributed by atoms with Crippen LogP contribution in [0.15, 0.2) is 47.0 Å². The van der Waals surface area contributed by atoms with Crippen molar-refractivity contribution in [1.29, 1.82) is 0 Å². The van der Waals surface area contributed by atoms with E-state index in [1.165, 1.54) is 11.3 Å². The lowest BCUT2D eigenvalue weighted by molar-refractivity contribution is 0.103. The molecule has 124 valence electrons. The quantitative estimate of drug-likeness (QED) is 0.598. The van der Waals surface area contributed by atoms with Gasteiger partial charge in [-0.05, 0) is 37.3 Å². The van der Waals surface area contributed by atoms with Crippen molar-refractivity contribution in [3.05, 3.63) is 59.1 Å². The van der Waals surface area contributed by atoms with Gasteiger partial charge in [0.1, 0.15) is 15.4 Å². The molecule has 0 spiro atoms. The Morgan fingerprint density at radius 3 is 2.84 bits per heavy atom. The van der Waals surface area contributed by atoms with Crippen LogP contribution in [0.2, 0.25) is 0 Å². The number of pyridine rings is 1. The van der Waals surface area contributed by atoms with Crippen LogP contribution in [0, 0.1) is 13.8 Å². The molecule has 6 nitrogen and oxygen atoms in total. The van der Waals surface area contributed by atoms with Crippen molar-refractivity contribution >= 4 is 34.0 Å². The minimum atomic E-state index is -0.197. The van der Waals surface area contributed by atoms with Gasteiger partial charge in [0.2, 0.25) is 0 Å². The predicted molar refractivity (Wildman–Crippen MR) is 96.8 cm³/mol. The maximum atomic E-state index is 12.6. The summed E-state index contributed by atoms with van der Waals surface area (Å²) in [4.78, 5) is 26.2. The first-order chi connectivity index (χ1) is 12.1. The van der Waals surface area contributed by atoms with Crippen molar-refractivity contribution in [2.45, 2.75) is 13.8 Å². The fourth-order valence-corrected chi connectivity index (χ4v) is 3.45. The van der Waals surface area contributed by atoms with Crippen molar-refractivity contribution in [3.8, 4) is 10.7 Å². The van der Waals surface area contributed by atoms with Crippen LogP contribution in [0.3, 0.4) is 0 Å². The Kier molecular flexibility index (Phi) is 3.77. The van der Waals surface area contributed by atoms with E-state index in [1.54, 1.807) is 31.3 Å². The van der Waals surface area contributed by atoms with E-state index in [-0.39, 0.29) is 5.91 Å². The molecule has 0 aliphatic rings. The molecule has 0 fully saturated rings. The lowest BCUT2D eigenvalue weighted by atomic mass is 10.2. The number of thiazole rings is 1. The second-order valence-electron chi connectivity index (χ2n) is 5.52. The van der Waals surface area contributed by atoms with Crippen molar-refractivity contribution in [1.82, 2.24) is 15.0 Å². The van der Waals surface area contributed by atoms with Gasteiger partial charge in [-0.3, -0.25) is 9.78 Å². The molecule has 1 aromatic carbocycles. The van der Waals surface area contributed by atoms with Crippen molar-refractivity contribution < 1.29 is 9.21 Å². The number of anilines is 1. The van der Waals surface area contributed by atoms with E-state index in [1.807, 2.05) is 25.1 Å². The van der Waals surface area contributed by atoms with Crippen LogP contribution < -0.4 is 5.32 Å². The van der Waals surface area contributed by atoms with Gasteiger partial charge in [0.05, 0.1) is 11.4 Å². The van der Waals surface area contributed by atoms with Crippen molar-refractivity contribution in [2.75, 3.05) is 5.32 Å². The highest BCUT2D eigenvalue weighted by molar-refractivity contribution is 7.17. The van der Waals surface area contributed by atoms with Crippen LogP contribution in [0.5, 0.6) is 0 Å². The van der Waals surface area contributed by atoms with Gasteiger partial charge in [0.25, 0.3) is 5.91 Å². The Morgan fingerprint density at radius 2 is 2.04 bits per heavy atom. The molecule has 1 N–H and O–H groups in total. The van der Waals surface area contributed by atoms with Crippen LogP contribution in [-0.2, 0) is 0 Å². The highest BCUT2D eigenvalue weighted by Crippen LogP contribution is 2.27. The van der Waals surface area contributed by atoms with E-state index in [9.17, 15) is 4.79 Å². The molecule has 3 aromatic heterocycles. The number of amides is 1. The summed E-state index contributed by atoms with van der Waals surface area (Å²) in [7, 11) is 0. The lowest BCUT2D eigenvalue weighted by Gasteiger charge is -2.03. The molecule has 0 aliphatic heterocycles. The first-order valence-corrected chi connectivity index (χ1v) is 8.49. The van der Waals surface area contributed by atoms with Crippen LogP contribution in [-0.4, -0.2) is 20.9 Å². The Hall–Kier alpha value is -3.06. The minimum Gasteiger partial charge on any atom is -0.441 e. The Morgan fingerprint density at radius 1 is 1.16 bits per heavy atom. The molecule has 1 amide bonds. The third kappa shape index (κ3) is 3.01. The third-order valence-corrected chi connectivity index (χ3v) is 4.82. The van der Waals surface area contributed by atoms with Crippen LogP contribution in [0.4, 0.5) is 5.69 Å². The van der Waals surface area contributed by atoms with Gasteiger partial charge in [-0.1, -0.05) is 6.07 Å². The zero-order valence-corrected chi connectivity index (χ0v) is 14.4. The third-order valence-electron chi connectivity index (χ3n) is 3.64. The maximum Gasteiger partial charge on any atom is 0.267 e. The largest absolute Gasteiger partial charge is 0.441 e. The fourth-order valence-electron chi connectivity index (χ4n) is 2.51. The summed E-state index contributed by atoms with van der Waals surface area (Å²) in [6.45, 7) is 3.61. The molecule has 0 unspecified atom stereocenters. The number of rotatable bonds is 3. The molecular weight excluding hydrogens is 336 g/mol. The fraction of sp³-hybridized carbons (Fsp3) is 0.111. The number of oxazole rings is 1. The SMILES string of the molecule is Cc1nc2cc(NC(=O)c3sc(-c4ccccn4)nc3C)ccc2o1. The summed E-state index contributed by atoms with van der Waals surface area (Å²) in [5, 5.41) is 3.62. The number of nitrogens with one attached hydrogen (secondary N) is 1. The van der Waals surface area contributed by atoms with Gasteiger partial charge in [-0.25, -0.2) is 9.97 Å². The van der Waals surface area contributed by atoms with Gasteiger partial charge in [0, 0.05) is 18.8 Å². The van der Waals surface area contributed by atoms with Crippen LogP contribution in [0.25, 0.3) is 21.8 Å². The molecule has 0 radical (unpaired) electrons. The van der Waals surface area contributed by atoms with E-state index >= 15 is 0 Å². The first-order valence-electron chi connectivity index (χ1n) is 7.67. The number of aryl methyl sites for hydroxylation is 2. The predicted octanol–water partition coefficient (Wildman–Crippen LogP) is 4.22. The number of fused-ring (bicyclic) bond motifs is 1. The smallest absolute Gasteiger partial charge is 0.267 e. The molecule has 4 rings (SSSR count). The summed E-state index contributed by atoms with van der Waals surface area (Å²) in [5.74, 6) is 0.397. The molecule has 7 heteroatoms. The molecule has 4 aromatic rings. The van der Waals surface area contributed by atoms with Crippen molar-refractivity contribution in [3.63, 3.8) is 0 Å². The number of nitrogens with zero attached hydrogens (tertiary/aromatic N) is 3. The average Bonchev–Trinajstić information content (AvgIpc) is 3.17. The Labute approximate surface area is 147 Å². The second kappa shape index (κ2) is 6.10. The van der Waals surface area contributed by atoms with E-state index in [0.717, 1.165) is 10.7 Å². The molecule has 3 heterocycles. The topological polar surface area (TPSA) is 80.9 Å². The molecular formula is C18H14N4O2S. The zero-order valence-electron chi connectivity index (χ0n) is 13.6. The number of carbonyl (C=O) groups is 1. The first kappa shape index (κ1) is 15.5. The number of hydrogen-bond donors (Lipinski definition) is 1. The maximum absolute atomic E-state index is 12.6. The van der Waals surface area contributed by atoms with E-state index in [0.29, 0.717) is 33.2 Å². The lowest BCUT2D eigenvalue weighted by Crippen LogP contribution is -2.11. The van der Waals surface area contributed by atoms with E-state index in [2.05, 4.69) is 20.3 Å². The normalized spacial score (nSPS) is 11.0. The van der Waals surface area contributed by atoms with Gasteiger partial charge in [-0.2, -0.15) is 0 Å². The van der Waals surface area contributed by atoms with Gasteiger partial charge in [-0.15, -0.1) is 11.3 Å². The summed E-state index contributed by atoms with van der Waals surface area (Å²) in [6, 6.07) is 11.0. The molecule has 0 saturated heterocycles. The molecule has 0 aliphatic carbocycles. The minimum absolute atomic E-state index is 0.197. The average molecular weight is 350 g/mol. The van der Waals surface area contributed by atoms with E-state index in [4.69, 9.17) is 4.42 Å². The highest BCUT2D eigenvalue weighted by atomic mass is 32.1. The summed E-state index contributed by atoms with van der Waals surface area (Å²) < 4.78 is 5.45. The second-order valence-corrected chi connectivity index (χ2v) is 6.52. The standard InChI is InChI=1S/C18H14N4O2S/c1-10-16(25-18(20-10)13-5-3-4-8-19-13)17(23)22-12-6-7-15-14(9-12)21-11(2)24-15/h3-9H,1-2H3,(H,22,23). The van der Waals surface area contributed by atoms with Gasteiger partial charge >= 0.3 is 0 Å². The molecule has 0 atom stereocenters. The highest BCUT2D eigenvalue weighted by Gasteiger charge is 2.17.